The lowest BCUT2D eigenvalue weighted by atomic mass is 9.98. The average Bonchev–Trinajstić information content (AvgIpc) is 3.40. The number of hydrogen-bond donors (Lipinski definition) is 3. The van der Waals surface area contributed by atoms with Gasteiger partial charge in [-0.25, -0.2) is 9.07 Å². The molecular weight excluding hydrogens is 601 g/mol. The van der Waals surface area contributed by atoms with E-state index in [9.17, 15) is 23.6 Å². The Bertz CT molecular complexity index is 1810. The maximum Gasteiger partial charge on any atom is 0.291 e. The summed E-state index contributed by atoms with van der Waals surface area (Å²) in [5.41, 5.74) is 3.20. The predicted octanol–water partition coefficient (Wildman–Crippen LogP) is 5.58. The van der Waals surface area contributed by atoms with Gasteiger partial charge in [0.25, 0.3) is 11.8 Å². The zero-order chi connectivity index (χ0) is 32.2. The molecule has 2 bridgehead atoms. The van der Waals surface area contributed by atoms with Gasteiger partial charge in [0.1, 0.15) is 5.69 Å². The van der Waals surface area contributed by atoms with Crippen LogP contribution in [0.4, 0.5) is 15.8 Å². The number of rotatable bonds is 5. The smallest absolute Gasteiger partial charge is 0.291 e. The molecule has 232 valence electrons. The number of pyridine rings is 1. The van der Waals surface area contributed by atoms with Crippen molar-refractivity contribution in [3.05, 3.63) is 82.6 Å². The van der Waals surface area contributed by atoms with Crippen molar-refractivity contribution >= 4 is 46.5 Å². The number of carbonyl (C=O) groups excluding carboxylic acids is 4. The van der Waals surface area contributed by atoms with Crippen LogP contribution in [0.25, 0.3) is 16.8 Å². The Morgan fingerprint density at radius 1 is 1.09 bits per heavy atom. The Morgan fingerprint density at radius 2 is 1.87 bits per heavy atom. The van der Waals surface area contributed by atoms with Crippen LogP contribution in [-0.4, -0.2) is 43.5 Å². The second kappa shape index (κ2) is 13.3. The minimum Gasteiger partial charge on any atom is -0.342 e. The molecule has 0 unspecified atom stereocenters. The second-order valence-corrected chi connectivity index (χ2v) is 11.4. The van der Waals surface area contributed by atoms with E-state index in [2.05, 4.69) is 31.2 Å². The van der Waals surface area contributed by atoms with E-state index in [1.807, 2.05) is 13.0 Å². The van der Waals surface area contributed by atoms with Gasteiger partial charge in [-0.2, -0.15) is 0 Å². The quantitative estimate of drug-likeness (QED) is 0.244. The Labute approximate surface area is 263 Å². The molecule has 0 aliphatic carbocycles. The monoisotopic (exact) mass is 631 g/mol. The molecule has 11 nitrogen and oxygen atoms in total. The third kappa shape index (κ3) is 6.91. The molecule has 1 aliphatic heterocycles. The van der Waals surface area contributed by atoms with E-state index in [1.165, 1.54) is 23.7 Å². The van der Waals surface area contributed by atoms with Gasteiger partial charge in [0.15, 0.2) is 11.5 Å². The standard InChI is InChI=1S/C32H31ClFN7O4/c1-17-7-4-5-9-24(37-32(45)29-18(2)41(40-39-29)27-10-6-8-23(33)28(27)34)26-15-20(13-14-35-26)22-12-11-21(36-31(44)19(3)42)16-25(22)38-30(17)43/h6,8,10-17,24H,4-5,7,9H2,1-3H3,(H,36,44)(H,37,45)(H,38,43)/t17-,24+/m1/s1. The minimum atomic E-state index is -0.767. The fraction of sp³-hybridized carbons (Fsp3) is 0.281. The summed E-state index contributed by atoms with van der Waals surface area (Å²) in [4.78, 5) is 54.7. The highest BCUT2D eigenvalue weighted by molar-refractivity contribution is 6.39. The highest BCUT2D eigenvalue weighted by atomic mass is 35.5. The topological polar surface area (TPSA) is 148 Å². The molecule has 3 heterocycles. The summed E-state index contributed by atoms with van der Waals surface area (Å²) in [6.07, 6.45) is 4.17. The third-order valence-corrected chi connectivity index (χ3v) is 8.00. The summed E-state index contributed by atoms with van der Waals surface area (Å²) in [5, 5.41) is 16.5. The van der Waals surface area contributed by atoms with Crippen molar-refractivity contribution in [3.63, 3.8) is 0 Å². The van der Waals surface area contributed by atoms with Crippen LogP contribution in [0.5, 0.6) is 0 Å². The number of fused-ring (bicyclic) bond motifs is 4. The fourth-order valence-electron chi connectivity index (χ4n) is 5.13. The number of amides is 3. The molecule has 45 heavy (non-hydrogen) atoms. The summed E-state index contributed by atoms with van der Waals surface area (Å²) in [6, 6.07) is 12.6. The summed E-state index contributed by atoms with van der Waals surface area (Å²) in [5.74, 6) is -3.08. The molecule has 0 spiro atoms. The molecule has 2 aromatic carbocycles. The van der Waals surface area contributed by atoms with Crippen LogP contribution in [0.1, 0.15) is 67.4 Å². The number of hydrogen-bond acceptors (Lipinski definition) is 7. The maximum absolute atomic E-state index is 14.7. The predicted molar refractivity (Wildman–Crippen MR) is 167 cm³/mol. The number of carbonyl (C=O) groups is 4. The number of halogens is 2. The number of ketones is 1. The second-order valence-electron chi connectivity index (χ2n) is 10.9. The molecule has 1 aliphatic rings. The van der Waals surface area contributed by atoms with Gasteiger partial charge in [-0.3, -0.25) is 24.2 Å². The van der Waals surface area contributed by atoms with E-state index >= 15 is 0 Å². The average molecular weight is 632 g/mol. The summed E-state index contributed by atoms with van der Waals surface area (Å²) in [6.45, 7) is 4.63. The normalized spacial score (nSPS) is 16.7. The van der Waals surface area contributed by atoms with Crippen LogP contribution < -0.4 is 16.0 Å². The van der Waals surface area contributed by atoms with Gasteiger partial charge in [-0.15, -0.1) is 5.10 Å². The van der Waals surface area contributed by atoms with Crippen LogP contribution in [0.3, 0.4) is 0 Å². The Kier molecular flexibility index (Phi) is 9.33. The van der Waals surface area contributed by atoms with Crippen molar-refractivity contribution in [1.82, 2.24) is 25.3 Å². The molecule has 0 fully saturated rings. The zero-order valence-corrected chi connectivity index (χ0v) is 25.6. The van der Waals surface area contributed by atoms with Gasteiger partial charge in [0.05, 0.1) is 28.1 Å². The van der Waals surface area contributed by atoms with Crippen LogP contribution in [0.2, 0.25) is 5.02 Å². The molecule has 5 rings (SSSR count). The molecule has 0 saturated carbocycles. The van der Waals surface area contributed by atoms with E-state index in [0.717, 1.165) is 0 Å². The van der Waals surface area contributed by atoms with Gasteiger partial charge >= 0.3 is 0 Å². The molecule has 3 amide bonds. The molecule has 4 aromatic rings. The number of benzene rings is 2. The third-order valence-electron chi connectivity index (χ3n) is 7.71. The Balaban J connectivity index is 1.48. The number of nitrogens with zero attached hydrogens (tertiary/aromatic N) is 4. The summed E-state index contributed by atoms with van der Waals surface area (Å²) in [7, 11) is 0. The van der Waals surface area contributed by atoms with Crippen molar-refractivity contribution < 1.29 is 23.6 Å². The van der Waals surface area contributed by atoms with Gasteiger partial charge in [0, 0.05) is 30.3 Å². The van der Waals surface area contributed by atoms with Crippen LogP contribution >= 0.6 is 11.6 Å². The minimum absolute atomic E-state index is 0.0300. The van der Waals surface area contributed by atoms with E-state index < -0.39 is 29.5 Å². The molecule has 2 aromatic heterocycles. The van der Waals surface area contributed by atoms with E-state index in [-0.39, 0.29) is 28.2 Å². The molecule has 13 heteroatoms. The number of Topliss-reactive ketones (excluding diaryl/α,β-unsaturated/α-hetero) is 1. The van der Waals surface area contributed by atoms with Crippen LogP contribution in [0.15, 0.2) is 54.7 Å². The molecule has 0 saturated heterocycles. The largest absolute Gasteiger partial charge is 0.342 e. The van der Waals surface area contributed by atoms with Crippen molar-refractivity contribution in [3.8, 4) is 16.8 Å². The van der Waals surface area contributed by atoms with Crippen molar-refractivity contribution in [2.24, 2.45) is 5.92 Å². The van der Waals surface area contributed by atoms with Crippen LogP contribution in [-0.2, 0) is 14.4 Å². The van der Waals surface area contributed by atoms with Crippen molar-refractivity contribution in [1.29, 1.82) is 0 Å². The molecule has 2 atom stereocenters. The highest BCUT2D eigenvalue weighted by Crippen LogP contribution is 2.34. The van der Waals surface area contributed by atoms with E-state index in [4.69, 9.17) is 11.6 Å². The molecular formula is C32H31ClFN7O4. The van der Waals surface area contributed by atoms with Crippen molar-refractivity contribution in [2.75, 3.05) is 10.6 Å². The lowest BCUT2D eigenvalue weighted by Gasteiger charge is -2.19. The first kappa shape index (κ1) is 31.5. The molecule has 0 radical (unpaired) electrons. The SMILES string of the molecule is CC(=O)C(=O)Nc1ccc2c(c1)NC(=O)[C@H](C)CCCC[C@H](NC(=O)c1nnn(-c3cccc(Cl)c3F)c1C)c1cc-2ccn1. The number of aromatic nitrogens is 4. The summed E-state index contributed by atoms with van der Waals surface area (Å²) < 4.78 is 15.9. The summed E-state index contributed by atoms with van der Waals surface area (Å²) >= 11 is 5.95. The van der Waals surface area contributed by atoms with E-state index in [0.29, 0.717) is 59.6 Å². The lowest BCUT2D eigenvalue weighted by Crippen LogP contribution is -2.30. The van der Waals surface area contributed by atoms with Gasteiger partial charge in [-0.1, -0.05) is 48.7 Å². The molecule has 3 N–H and O–H groups in total. The van der Waals surface area contributed by atoms with Gasteiger partial charge in [-0.05, 0) is 61.7 Å². The first-order valence-corrected chi connectivity index (χ1v) is 14.8. The first-order valence-electron chi connectivity index (χ1n) is 14.4. The Hall–Kier alpha value is -4.97. The van der Waals surface area contributed by atoms with Gasteiger partial charge < -0.3 is 16.0 Å². The fourth-order valence-corrected chi connectivity index (χ4v) is 5.30. The lowest BCUT2D eigenvalue weighted by molar-refractivity contribution is -0.133. The number of nitrogens with one attached hydrogen (secondary N) is 3. The first-order chi connectivity index (χ1) is 21.5. The van der Waals surface area contributed by atoms with E-state index in [1.54, 1.807) is 43.5 Å². The zero-order valence-electron chi connectivity index (χ0n) is 24.9. The van der Waals surface area contributed by atoms with Gasteiger partial charge in [0.2, 0.25) is 11.7 Å². The maximum atomic E-state index is 14.7. The number of anilines is 2. The van der Waals surface area contributed by atoms with Crippen LogP contribution in [0, 0.1) is 18.7 Å². The highest BCUT2D eigenvalue weighted by Gasteiger charge is 2.25. The van der Waals surface area contributed by atoms with Crippen molar-refractivity contribution in [2.45, 2.75) is 52.5 Å². The Morgan fingerprint density at radius 3 is 2.64 bits per heavy atom.